The maximum absolute atomic E-state index is 6.08. The van der Waals surface area contributed by atoms with Gasteiger partial charge in [0.2, 0.25) is 5.88 Å². The Morgan fingerprint density at radius 1 is 1.30 bits per heavy atom. The molecule has 0 atom stereocenters. The van der Waals surface area contributed by atoms with Gasteiger partial charge < -0.3 is 4.74 Å². The predicted octanol–water partition coefficient (Wildman–Crippen LogP) is 5.01. The second kappa shape index (κ2) is 5.22. The SMILES string of the molecule is Cc1cc(C)c(C)c(Oc2nc3sccn3c2CBr)c1. The Hall–Kier alpha value is -1.33. The number of aryl methyl sites for hydroxylation is 2. The van der Waals surface area contributed by atoms with Crippen LogP contribution in [0.1, 0.15) is 22.4 Å². The Kier molecular flexibility index (Phi) is 3.56. The normalized spacial score (nSPS) is 11.2. The summed E-state index contributed by atoms with van der Waals surface area (Å²) in [5, 5.41) is 2.74. The van der Waals surface area contributed by atoms with Gasteiger partial charge >= 0.3 is 0 Å². The molecule has 3 aromatic rings. The topological polar surface area (TPSA) is 26.5 Å². The van der Waals surface area contributed by atoms with Crippen LogP contribution in [0.5, 0.6) is 11.6 Å². The highest BCUT2D eigenvalue weighted by Gasteiger charge is 2.15. The Morgan fingerprint density at radius 3 is 2.85 bits per heavy atom. The van der Waals surface area contributed by atoms with Gasteiger partial charge in [0.05, 0.1) is 5.69 Å². The summed E-state index contributed by atoms with van der Waals surface area (Å²) in [6.07, 6.45) is 2.02. The number of fused-ring (bicyclic) bond motifs is 1. The van der Waals surface area contributed by atoms with Crippen LogP contribution >= 0.6 is 27.3 Å². The van der Waals surface area contributed by atoms with Crippen LogP contribution in [0.4, 0.5) is 0 Å². The molecule has 0 N–H and O–H groups in total. The summed E-state index contributed by atoms with van der Waals surface area (Å²) in [7, 11) is 0. The number of nitrogens with zero attached hydrogens (tertiary/aromatic N) is 2. The zero-order valence-electron chi connectivity index (χ0n) is 11.6. The van der Waals surface area contributed by atoms with Crippen molar-refractivity contribution >= 4 is 32.2 Å². The molecule has 0 radical (unpaired) electrons. The van der Waals surface area contributed by atoms with Crippen LogP contribution in [0.3, 0.4) is 0 Å². The molecule has 20 heavy (non-hydrogen) atoms. The van der Waals surface area contributed by atoms with Crippen LogP contribution in [-0.2, 0) is 5.33 Å². The number of ether oxygens (including phenoxy) is 1. The van der Waals surface area contributed by atoms with Gasteiger partial charge in [-0.25, -0.2) is 0 Å². The van der Waals surface area contributed by atoms with Crippen molar-refractivity contribution < 1.29 is 4.74 Å². The Labute approximate surface area is 130 Å². The van der Waals surface area contributed by atoms with Gasteiger partial charge in [-0.3, -0.25) is 4.40 Å². The van der Waals surface area contributed by atoms with E-state index in [2.05, 4.69) is 58.2 Å². The standard InChI is InChI=1S/C15H15BrN2OS/c1-9-6-10(2)11(3)13(7-9)19-14-12(8-16)18-4-5-20-15(18)17-14/h4-7H,8H2,1-3H3. The van der Waals surface area contributed by atoms with Crippen molar-refractivity contribution in [3.05, 3.63) is 46.1 Å². The van der Waals surface area contributed by atoms with Crippen LogP contribution in [0, 0.1) is 20.8 Å². The minimum atomic E-state index is 0.682. The van der Waals surface area contributed by atoms with Crippen molar-refractivity contribution in [1.82, 2.24) is 9.38 Å². The number of aromatic nitrogens is 2. The minimum absolute atomic E-state index is 0.682. The third-order valence-corrected chi connectivity index (χ3v) is 4.71. The van der Waals surface area contributed by atoms with Gasteiger partial charge in [-0.05, 0) is 43.5 Å². The fourth-order valence-electron chi connectivity index (χ4n) is 2.23. The molecule has 3 rings (SSSR count). The second-order valence-corrected chi connectivity index (χ2v) is 6.29. The van der Waals surface area contributed by atoms with E-state index in [-0.39, 0.29) is 0 Å². The van der Waals surface area contributed by atoms with E-state index in [1.807, 2.05) is 11.6 Å². The van der Waals surface area contributed by atoms with Crippen molar-refractivity contribution in [3.63, 3.8) is 0 Å². The molecule has 0 spiro atoms. The summed E-state index contributed by atoms with van der Waals surface area (Å²) in [6, 6.07) is 4.23. The number of hydrogen-bond acceptors (Lipinski definition) is 3. The van der Waals surface area contributed by atoms with Gasteiger partial charge in [-0.1, -0.05) is 22.0 Å². The van der Waals surface area contributed by atoms with Gasteiger partial charge in [0.15, 0.2) is 4.96 Å². The molecule has 2 aromatic heterocycles. The molecule has 0 saturated carbocycles. The lowest BCUT2D eigenvalue weighted by molar-refractivity contribution is 0.457. The highest BCUT2D eigenvalue weighted by molar-refractivity contribution is 9.08. The first kappa shape index (κ1) is 13.6. The maximum Gasteiger partial charge on any atom is 0.243 e. The first-order valence-corrected chi connectivity index (χ1v) is 8.36. The summed E-state index contributed by atoms with van der Waals surface area (Å²) < 4.78 is 8.14. The lowest BCUT2D eigenvalue weighted by Gasteiger charge is -2.11. The Balaban J connectivity index is 2.07. The van der Waals surface area contributed by atoms with E-state index in [1.165, 1.54) is 11.1 Å². The van der Waals surface area contributed by atoms with Crippen LogP contribution < -0.4 is 4.74 Å². The van der Waals surface area contributed by atoms with Gasteiger partial charge in [0, 0.05) is 16.9 Å². The average molecular weight is 351 g/mol. The molecule has 2 heterocycles. The van der Waals surface area contributed by atoms with Gasteiger partial charge in [0.1, 0.15) is 5.75 Å². The zero-order chi connectivity index (χ0) is 14.3. The second-order valence-electron chi connectivity index (χ2n) is 4.86. The molecule has 0 amide bonds. The fraction of sp³-hybridized carbons (Fsp3) is 0.267. The summed E-state index contributed by atoms with van der Waals surface area (Å²) in [5.41, 5.74) is 4.64. The molecule has 0 unspecified atom stereocenters. The number of hydrogen-bond donors (Lipinski definition) is 0. The molecule has 0 bridgehead atoms. The smallest absolute Gasteiger partial charge is 0.243 e. The number of halogens is 1. The molecular weight excluding hydrogens is 336 g/mol. The quantitative estimate of drug-likeness (QED) is 0.620. The van der Waals surface area contributed by atoms with E-state index in [1.54, 1.807) is 11.3 Å². The predicted molar refractivity (Wildman–Crippen MR) is 86.4 cm³/mol. The highest BCUT2D eigenvalue weighted by Crippen LogP contribution is 2.32. The lowest BCUT2D eigenvalue weighted by Crippen LogP contribution is -1.95. The van der Waals surface area contributed by atoms with Crippen LogP contribution in [-0.4, -0.2) is 9.38 Å². The number of alkyl halides is 1. The molecular formula is C15H15BrN2OS. The molecule has 0 aliphatic rings. The third kappa shape index (κ3) is 2.25. The first-order chi connectivity index (χ1) is 9.60. The Morgan fingerprint density at radius 2 is 2.10 bits per heavy atom. The van der Waals surface area contributed by atoms with E-state index in [4.69, 9.17) is 4.74 Å². The monoisotopic (exact) mass is 350 g/mol. The van der Waals surface area contributed by atoms with Gasteiger partial charge in [-0.2, -0.15) is 4.98 Å². The molecule has 3 nitrogen and oxygen atoms in total. The number of imidazole rings is 1. The largest absolute Gasteiger partial charge is 0.437 e. The van der Waals surface area contributed by atoms with E-state index >= 15 is 0 Å². The van der Waals surface area contributed by atoms with Gasteiger partial charge in [0.25, 0.3) is 0 Å². The molecule has 0 fully saturated rings. The van der Waals surface area contributed by atoms with Crippen molar-refractivity contribution in [1.29, 1.82) is 0 Å². The number of thiazole rings is 1. The van der Waals surface area contributed by atoms with E-state index in [0.29, 0.717) is 11.2 Å². The third-order valence-electron chi connectivity index (χ3n) is 3.42. The van der Waals surface area contributed by atoms with Crippen LogP contribution in [0.15, 0.2) is 23.7 Å². The van der Waals surface area contributed by atoms with Gasteiger partial charge in [-0.15, -0.1) is 11.3 Å². The zero-order valence-corrected chi connectivity index (χ0v) is 14.0. The summed E-state index contributed by atoms with van der Waals surface area (Å²) in [5.74, 6) is 1.57. The Bertz CT molecular complexity index is 776. The molecule has 0 aliphatic carbocycles. The van der Waals surface area contributed by atoms with Crippen LogP contribution in [0.2, 0.25) is 0 Å². The summed E-state index contributed by atoms with van der Waals surface area (Å²) in [4.78, 5) is 5.52. The molecule has 1 aromatic carbocycles. The minimum Gasteiger partial charge on any atom is -0.437 e. The molecule has 5 heteroatoms. The summed E-state index contributed by atoms with van der Waals surface area (Å²) >= 11 is 5.13. The molecule has 0 aliphatic heterocycles. The first-order valence-electron chi connectivity index (χ1n) is 6.36. The van der Waals surface area contributed by atoms with Crippen molar-refractivity contribution in [2.24, 2.45) is 0 Å². The van der Waals surface area contributed by atoms with E-state index in [0.717, 1.165) is 22.0 Å². The molecule has 0 saturated heterocycles. The van der Waals surface area contributed by atoms with Crippen LogP contribution in [0.25, 0.3) is 4.96 Å². The van der Waals surface area contributed by atoms with E-state index in [9.17, 15) is 0 Å². The molecule has 104 valence electrons. The van der Waals surface area contributed by atoms with E-state index < -0.39 is 0 Å². The average Bonchev–Trinajstić information content (AvgIpc) is 2.95. The maximum atomic E-state index is 6.08. The van der Waals surface area contributed by atoms with Crippen molar-refractivity contribution in [2.75, 3.05) is 0 Å². The fourth-order valence-corrected chi connectivity index (χ4v) is 3.46. The number of benzene rings is 1. The highest BCUT2D eigenvalue weighted by atomic mass is 79.9. The van der Waals surface area contributed by atoms with Crippen molar-refractivity contribution in [3.8, 4) is 11.6 Å². The number of rotatable bonds is 3. The summed E-state index contributed by atoms with van der Waals surface area (Å²) in [6.45, 7) is 6.26. The lowest BCUT2D eigenvalue weighted by atomic mass is 10.1. The van der Waals surface area contributed by atoms with Crippen molar-refractivity contribution in [2.45, 2.75) is 26.1 Å².